The number of hydrogen-bond acceptors (Lipinski definition) is 3. The lowest BCUT2D eigenvalue weighted by molar-refractivity contribution is -0.116. The predicted molar refractivity (Wildman–Crippen MR) is 99.4 cm³/mol. The van der Waals surface area contributed by atoms with Crippen LogP contribution in [0.5, 0.6) is 0 Å². The highest BCUT2D eigenvalue weighted by molar-refractivity contribution is 14.1. The molecule has 0 atom stereocenters. The summed E-state index contributed by atoms with van der Waals surface area (Å²) in [5.74, 6) is -0.843. The van der Waals surface area contributed by atoms with Gasteiger partial charge >= 0.3 is 0 Å². The second kappa shape index (κ2) is 8.04. The van der Waals surface area contributed by atoms with Crippen LogP contribution in [-0.2, 0) is 21.4 Å². The number of nitrogens with zero attached hydrogens (tertiary/aromatic N) is 1. The average molecular weight is 462 g/mol. The van der Waals surface area contributed by atoms with E-state index < -0.39 is 21.7 Å². The van der Waals surface area contributed by atoms with Crippen molar-refractivity contribution in [2.24, 2.45) is 0 Å². The van der Waals surface area contributed by atoms with Gasteiger partial charge in [0.15, 0.2) is 0 Å². The molecule has 0 saturated heterocycles. The minimum absolute atomic E-state index is 0.000772. The lowest BCUT2D eigenvalue weighted by Crippen LogP contribution is -2.36. The smallest absolute Gasteiger partial charge is 0.239 e. The number of amides is 1. The highest BCUT2D eigenvalue weighted by Crippen LogP contribution is 2.13. The van der Waals surface area contributed by atoms with Gasteiger partial charge in [-0.25, -0.2) is 12.8 Å². The van der Waals surface area contributed by atoms with Crippen molar-refractivity contribution in [1.29, 1.82) is 0 Å². The maximum atomic E-state index is 12.9. The first-order valence-electron chi connectivity index (χ1n) is 6.99. The normalized spacial score (nSPS) is 11.5. The first kappa shape index (κ1) is 18.8. The number of nitrogens with one attached hydrogen (secondary N) is 1. The zero-order chi connectivity index (χ0) is 17.7. The van der Waals surface area contributed by atoms with E-state index in [2.05, 4.69) is 27.9 Å². The van der Waals surface area contributed by atoms with E-state index in [0.29, 0.717) is 11.3 Å². The van der Waals surface area contributed by atoms with Crippen LogP contribution in [0.25, 0.3) is 0 Å². The van der Waals surface area contributed by atoms with Crippen molar-refractivity contribution in [2.75, 3.05) is 18.1 Å². The fourth-order valence-electron chi connectivity index (χ4n) is 1.98. The topological polar surface area (TPSA) is 66.5 Å². The fraction of sp³-hybridized carbons (Fsp3) is 0.188. The molecule has 2 aromatic carbocycles. The van der Waals surface area contributed by atoms with Gasteiger partial charge in [-0.15, -0.1) is 0 Å². The van der Waals surface area contributed by atoms with E-state index in [1.807, 2.05) is 12.1 Å². The number of hydrogen-bond donors (Lipinski definition) is 1. The zero-order valence-corrected chi connectivity index (χ0v) is 15.8. The lowest BCUT2D eigenvalue weighted by Gasteiger charge is -2.19. The van der Waals surface area contributed by atoms with Gasteiger partial charge in [-0.05, 0) is 64.6 Å². The van der Waals surface area contributed by atoms with Gasteiger partial charge in [0.1, 0.15) is 5.82 Å². The molecule has 0 saturated carbocycles. The Balaban J connectivity index is 2.06. The minimum atomic E-state index is -3.59. The molecule has 1 N–H and O–H groups in total. The molecule has 0 heterocycles. The van der Waals surface area contributed by atoms with E-state index in [4.69, 9.17) is 0 Å². The van der Waals surface area contributed by atoms with Crippen LogP contribution < -0.4 is 5.32 Å². The van der Waals surface area contributed by atoms with E-state index in [9.17, 15) is 17.6 Å². The van der Waals surface area contributed by atoms with Gasteiger partial charge in [-0.1, -0.05) is 12.1 Å². The summed E-state index contributed by atoms with van der Waals surface area (Å²) in [6.45, 7) is -0.318. The Kier molecular flexibility index (Phi) is 6.30. The van der Waals surface area contributed by atoms with Crippen molar-refractivity contribution in [3.05, 3.63) is 63.5 Å². The molecule has 0 unspecified atom stereocenters. The summed E-state index contributed by atoms with van der Waals surface area (Å²) in [4.78, 5) is 12.1. The summed E-state index contributed by atoms with van der Waals surface area (Å²) < 4.78 is 38.8. The average Bonchev–Trinajstić information content (AvgIpc) is 2.50. The highest BCUT2D eigenvalue weighted by atomic mass is 127. The summed E-state index contributed by atoms with van der Waals surface area (Å²) >= 11 is 2.15. The monoisotopic (exact) mass is 462 g/mol. The van der Waals surface area contributed by atoms with Crippen molar-refractivity contribution < 1.29 is 17.6 Å². The third kappa shape index (κ3) is 5.84. The maximum Gasteiger partial charge on any atom is 0.239 e. The van der Waals surface area contributed by atoms with Crippen LogP contribution in [0.15, 0.2) is 48.5 Å². The molecular weight excluding hydrogens is 446 g/mol. The van der Waals surface area contributed by atoms with Gasteiger partial charge in [0.2, 0.25) is 15.9 Å². The van der Waals surface area contributed by atoms with Crippen LogP contribution in [0.4, 0.5) is 10.1 Å². The molecule has 2 aromatic rings. The van der Waals surface area contributed by atoms with E-state index in [1.54, 1.807) is 12.1 Å². The van der Waals surface area contributed by atoms with Crippen LogP contribution >= 0.6 is 22.6 Å². The number of carbonyl (C=O) groups is 1. The van der Waals surface area contributed by atoms with Gasteiger partial charge in [0.05, 0.1) is 12.8 Å². The lowest BCUT2D eigenvalue weighted by atomic mass is 10.2. The molecule has 1 amide bonds. The van der Waals surface area contributed by atoms with Crippen molar-refractivity contribution in [1.82, 2.24) is 4.31 Å². The van der Waals surface area contributed by atoms with E-state index in [-0.39, 0.29) is 13.1 Å². The minimum Gasteiger partial charge on any atom is -0.325 e. The van der Waals surface area contributed by atoms with Crippen LogP contribution in [-0.4, -0.2) is 31.4 Å². The van der Waals surface area contributed by atoms with Crippen LogP contribution in [0.3, 0.4) is 0 Å². The number of halogens is 2. The molecule has 0 aromatic heterocycles. The largest absolute Gasteiger partial charge is 0.325 e. The number of carbonyl (C=O) groups excluding carboxylic acids is 1. The Bertz CT molecular complexity index is 808. The molecule has 0 bridgehead atoms. The highest BCUT2D eigenvalue weighted by Gasteiger charge is 2.20. The molecule has 24 heavy (non-hydrogen) atoms. The fourth-order valence-corrected chi connectivity index (χ4v) is 3.07. The predicted octanol–water partition coefficient (Wildman–Crippen LogP) is 2.83. The molecule has 128 valence electrons. The summed E-state index contributed by atoms with van der Waals surface area (Å²) in [5.41, 5.74) is 1.19. The maximum absolute atomic E-state index is 12.9. The zero-order valence-electron chi connectivity index (χ0n) is 12.9. The Morgan fingerprint density at radius 3 is 2.25 bits per heavy atom. The first-order chi connectivity index (χ1) is 11.2. The molecule has 2 rings (SSSR count). The summed E-state index contributed by atoms with van der Waals surface area (Å²) in [5, 5.41) is 2.66. The van der Waals surface area contributed by atoms with Gasteiger partial charge in [0.25, 0.3) is 0 Å². The second-order valence-corrected chi connectivity index (χ2v) is 8.44. The van der Waals surface area contributed by atoms with Gasteiger partial charge < -0.3 is 5.32 Å². The van der Waals surface area contributed by atoms with Gasteiger partial charge in [-0.2, -0.15) is 4.31 Å². The molecule has 0 aliphatic rings. The molecule has 8 heteroatoms. The molecule has 0 aliphatic heterocycles. The quantitative estimate of drug-likeness (QED) is 0.672. The summed E-state index contributed by atoms with van der Waals surface area (Å²) in [6.07, 6.45) is 1.04. The Hall–Kier alpha value is -1.52. The summed E-state index contributed by atoms with van der Waals surface area (Å²) in [6, 6.07) is 12.6. The molecule has 0 fully saturated rings. The van der Waals surface area contributed by atoms with Crippen LogP contribution in [0.2, 0.25) is 0 Å². The van der Waals surface area contributed by atoms with Crippen molar-refractivity contribution in [3.63, 3.8) is 0 Å². The summed E-state index contributed by atoms with van der Waals surface area (Å²) in [7, 11) is -3.59. The standard InChI is InChI=1S/C16H16FIN2O3S/c1-24(22,23)20(10-12-2-4-13(17)5-3-12)11-16(21)19-15-8-6-14(18)7-9-15/h2-9H,10-11H2,1H3,(H,19,21). The number of rotatable bonds is 6. The molecule has 0 spiro atoms. The van der Waals surface area contributed by atoms with Crippen molar-refractivity contribution in [2.45, 2.75) is 6.54 Å². The SMILES string of the molecule is CS(=O)(=O)N(CC(=O)Nc1ccc(I)cc1)Cc1ccc(F)cc1. The Labute approximate surface area is 154 Å². The molecule has 0 aliphatic carbocycles. The number of sulfonamides is 1. The third-order valence-electron chi connectivity index (χ3n) is 3.19. The van der Waals surface area contributed by atoms with Crippen LogP contribution in [0.1, 0.15) is 5.56 Å². The van der Waals surface area contributed by atoms with E-state index >= 15 is 0 Å². The first-order valence-corrected chi connectivity index (χ1v) is 9.92. The molecular formula is C16H16FIN2O3S. The number of anilines is 1. The van der Waals surface area contributed by atoms with Crippen molar-refractivity contribution >= 4 is 44.2 Å². The van der Waals surface area contributed by atoms with E-state index in [0.717, 1.165) is 14.1 Å². The van der Waals surface area contributed by atoms with Gasteiger partial charge in [0, 0.05) is 15.8 Å². The molecule has 5 nitrogen and oxygen atoms in total. The van der Waals surface area contributed by atoms with Crippen molar-refractivity contribution in [3.8, 4) is 0 Å². The third-order valence-corrected chi connectivity index (χ3v) is 5.10. The van der Waals surface area contributed by atoms with E-state index in [1.165, 1.54) is 24.3 Å². The Morgan fingerprint density at radius 2 is 1.71 bits per heavy atom. The van der Waals surface area contributed by atoms with Gasteiger partial charge in [-0.3, -0.25) is 4.79 Å². The second-order valence-electron chi connectivity index (χ2n) is 5.21. The van der Waals surface area contributed by atoms with Crippen LogP contribution in [0, 0.1) is 9.39 Å². The number of benzene rings is 2. The Morgan fingerprint density at radius 1 is 1.12 bits per heavy atom. The molecule has 0 radical (unpaired) electrons.